The van der Waals surface area contributed by atoms with Gasteiger partial charge >= 0.3 is 35.3 Å². The number of nitrogens with zero attached hydrogens (tertiary/aromatic N) is 2. The van der Waals surface area contributed by atoms with Crippen molar-refractivity contribution in [2.45, 2.75) is 58.2 Å². The molecule has 65 heavy (non-hydrogen) atoms. The zero-order valence-electron chi connectivity index (χ0n) is 35.0. The van der Waals surface area contributed by atoms with Gasteiger partial charge < -0.3 is 34.4 Å². The predicted octanol–water partition coefficient (Wildman–Crippen LogP) is 10.6. The summed E-state index contributed by atoms with van der Waals surface area (Å²) >= 11 is 2.93. The number of carbonyl (C=O) groups is 3. The highest BCUT2D eigenvalue weighted by molar-refractivity contribution is 7.22. The van der Waals surface area contributed by atoms with Gasteiger partial charge in [0.05, 0.1) is 31.6 Å². The Labute approximate surface area is 375 Å². The van der Waals surface area contributed by atoms with E-state index in [1.54, 1.807) is 18.2 Å². The van der Waals surface area contributed by atoms with E-state index in [4.69, 9.17) is 28.6 Å². The van der Waals surface area contributed by atoms with Crippen LogP contribution in [0.1, 0.15) is 46.5 Å². The number of ether oxygens (including phenoxy) is 1. The maximum atomic E-state index is 12.6. The van der Waals surface area contributed by atoms with E-state index in [9.17, 15) is 32.3 Å². The van der Waals surface area contributed by atoms with Crippen molar-refractivity contribution in [2.75, 3.05) is 23.7 Å². The molecule has 19 heteroatoms. The number of aliphatic carboxylic acids is 2. The third-order valence-electron chi connectivity index (χ3n) is 8.97. The third-order valence-corrected chi connectivity index (χ3v) is 11.1. The molecule has 0 amide bonds. The van der Waals surface area contributed by atoms with Crippen LogP contribution in [0.2, 0.25) is 0 Å². The number of alkyl halides is 3. The molecule has 0 bridgehead atoms. The van der Waals surface area contributed by atoms with Crippen molar-refractivity contribution in [1.82, 2.24) is 9.97 Å². The molecule has 4 N–H and O–H groups in total. The topological polar surface area (TPSA) is 211 Å². The third kappa shape index (κ3) is 13.2. The van der Waals surface area contributed by atoms with Gasteiger partial charge in [0.25, 0.3) is 0 Å². The summed E-state index contributed by atoms with van der Waals surface area (Å²) in [5.41, 5.74) is 3.93. The Bertz CT molecular complexity index is 3050. The molecule has 0 atom stereocenters. The smallest absolute Gasteiger partial charge is 0.481 e. The quantitative estimate of drug-likeness (QED) is 0.0510. The minimum absolute atomic E-state index is 0.112. The normalized spacial score (nSPS) is 11.4. The Kier molecular flexibility index (Phi) is 15.0. The highest BCUT2D eigenvalue weighted by atomic mass is 32.1. The first-order valence-electron chi connectivity index (χ1n) is 19.9. The lowest BCUT2D eigenvalue weighted by Gasteiger charge is -2.19. The van der Waals surface area contributed by atoms with Crippen LogP contribution in [-0.4, -0.2) is 63.0 Å². The molecule has 0 saturated carbocycles. The number of hydrogen-bond donors (Lipinski definition) is 4. The predicted molar refractivity (Wildman–Crippen MR) is 245 cm³/mol. The standard InChI is InChI=1S/C24H24N2O4S.C20H16N2O4S.C2HF3O2/c1-24(2,3)30-21(27)9-6-12-25-16-11-10-15-13-17(23(28)29-19(15)14-16)22-26-18-7-4-5-8-20(18)31-22;23-18(24)6-3-9-21-13-8-7-12-10-14(20(25)26-16(12)11-13)19-22-15-4-1-2-5-17(15)27-19;3-2(4,5)1(6)7/h4-5,7-8,10-11,13-14,25H,6,9,12H2,1-3H3;1-2,4-5,7-8,10-11,21H,3,6,9H2,(H,23,24);(H,6,7). The number of anilines is 2. The Hall–Kier alpha value is -7.12. The number of carbonyl (C=O) groups excluding carboxylic acids is 1. The van der Waals surface area contributed by atoms with Crippen molar-refractivity contribution in [3.8, 4) is 21.1 Å². The van der Waals surface area contributed by atoms with Crippen molar-refractivity contribution >= 4 is 94.3 Å². The van der Waals surface area contributed by atoms with Crippen LogP contribution in [0.25, 0.3) is 63.5 Å². The molecule has 0 aliphatic carbocycles. The summed E-state index contributed by atoms with van der Waals surface area (Å²) in [5.74, 6) is -3.78. The van der Waals surface area contributed by atoms with E-state index < -0.39 is 35.0 Å². The molecule has 0 radical (unpaired) electrons. The molecule has 0 unspecified atom stereocenters. The average molecular weight is 931 g/mol. The molecule has 4 aromatic heterocycles. The molecular formula is C46H41F3N4O10S2. The average Bonchev–Trinajstić information content (AvgIpc) is 3.88. The summed E-state index contributed by atoms with van der Waals surface area (Å²) in [6.45, 7) is 6.71. The number of carboxylic acids is 2. The van der Waals surface area contributed by atoms with Crippen LogP contribution in [0, 0.1) is 0 Å². The zero-order valence-corrected chi connectivity index (χ0v) is 36.6. The molecule has 0 spiro atoms. The molecule has 4 aromatic carbocycles. The zero-order chi connectivity index (χ0) is 46.9. The van der Waals surface area contributed by atoms with Crippen molar-refractivity contribution in [1.29, 1.82) is 0 Å². The second-order valence-corrected chi connectivity index (χ2v) is 17.3. The summed E-state index contributed by atoms with van der Waals surface area (Å²) in [4.78, 5) is 65.4. The summed E-state index contributed by atoms with van der Waals surface area (Å²) in [6.07, 6.45) is -3.46. The SMILES string of the molecule is CC(C)(C)OC(=O)CCCNc1ccc2cc(-c3nc4ccccc4s3)c(=O)oc2c1.O=C(O)C(F)(F)F.O=C(O)CCCNc1ccc2cc(-c3nc4ccccc4s3)c(=O)oc2c1. The molecule has 338 valence electrons. The maximum absolute atomic E-state index is 12.6. The van der Waals surface area contributed by atoms with Crippen LogP contribution in [0.5, 0.6) is 0 Å². The molecular weight excluding hydrogens is 890 g/mol. The highest BCUT2D eigenvalue weighted by Crippen LogP contribution is 2.32. The number of halogens is 3. The lowest BCUT2D eigenvalue weighted by atomic mass is 10.1. The van der Waals surface area contributed by atoms with E-state index in [0.717, 1.165) is 42.6 Å². The van der Waals surface area contributed by atoms with E-state index >= 15 is 0 Å². The fraction of sp³-hybridized carbons (Fsp3) is 0.239. The van der Waals surface area contributed by atoms with Crippen molar-refractivity contribution in [3.05, 3.63) is 118 Å². The number of esters is 1. The number of para-hydroxylation sites is 2. The highest BCUT2D eigenvalue weighted by Gasteiger charge is 2.38. The summed E-state index contributed by atoms with van der Waals surface area (Å²) in [5, 5.41) is 25.1. The number of hydrogen-bond acceptors (Lipinski definition) is 14. The molecule has 4 heterocycles. The van der Waals surface area contributed by atoms with Gasteiger partial charge in [-0.15, -0.1) is 22.7 Å². The summed E-state index contributed by atoms with van der Waals surface area (Å²) in [7, 11) is 0. The molecule has 0 aliphatic rings. The lowest BCUT2D eigenvalue weighted by molar-refractivity contribution is -0.192. The maximum Gasteiger partial charge on any atom is 0.490 e. The first kappa shape index (κ1) is 47.4. The molecule has 8 rings (SSSR count). The Balaban J connectivity index is 0.000000189. The van der Waals surface area contributed by atoms with E-state index in [-0.39, 0.29) is 12.4 Å². The summed E-state index contributed by atoms with van der Waals surface area (Å²) < 4.78 is 50.2. The number of fused-ring (bicyclic) bond motifs is 4. The van der Waals surface area contributed by atoms with Gasteiger partial charge in [0.1, 0.15) is 26.8 Å². The fourth-order valence-corrected chi connectivity index (χ4v) is 7.98. The van der Waals surface area contributed by atoms with Crippen LogP contribution in [-0.2, 0) is 19.1 Å². The van der Waals surface area contributed by atoms with Gasteiger partial charge in [-0.1, -0.05) is 24.3 Å². The van der Waals surface area contributed by atoms with Gasteiger partial charge in [-0.25, -0.2) is 24.4 Å². The van der Waals surface area contributed by atoms with Gasteiger partial charge in [-0.2, -0.15) is 13.2 Å². The molecule has 0 aliphatic heterocycles. The van der Waals surface area contributed by atoms with Gasteiger partial charge in [-0.05, 0) is 94.3 Å². The first-order valence-corrected chi connectivity index (χ1v) is 21.6. The summed E-state index contributed by atoms with van der Waals surface area (Å²) in [6, 6.07) is 30.3. The van der Waals surface area contributed by atoms with E-state index in [1.165, 1.54) is 22.7 Å². The molecule has 0 fully saturated rings. The minimum Gasteiger partial charge on any atom is -0.481 e. The van der Waals surface area contributed by atoms with Crippen molar-refractivity contribution in [3.63, 3.8) is 0 Å². The van der Waals surface area contributed by atoms with Gasteiger partial charge in [-0.3, -0.25) is 9.59 Å². The van der Waals surface area contributed by atoms with Crippen molar-refractivity contribution in [2.24, 2.45) is 0 Å². The Morgan fingerprint density at radius 3 is 1.49 bits per heavy atom. The van der Waals surface area contributed by atoms with Crippen LogP contribution in [0.15, 0.2) is 115 Å². The number of rotatable bonds is 12. The van der Waals surface area contributed by atoms with Gasteiger partial charge in [0.15, 0.2) is 0 Å². The first-order chi connectivity index (χ1) is 30.8. The molecule has 0 saturated heterocycles. The van der Waals surface area contributed by atoms with Crippen LogP contribution in [0.3, 0.4) is 0 Å². The number of nitrogens with one attached hydrogen (secondary N) is 2. The number of aromatic nitrogens is 2. The fourth-order valence-electron chi connectivity index (χ4n) is 6.05. The molecule has 14 nitrogen and oxygen atoms in total. The monoisotopic (exact) mass is 930 g/mol. The second kappa shape index (κ2) is 20.6. The van der Waals surface area contributed by atoms with Crippen molar-refractivity contribution < 1.29 is 51.3 Å². The molecule has 8 aromatic rings. The van der Waals surface area contributed by atoms with Crippen LogP contribution >= 0.6 is 22.7 Å². The van der Waals surface area contributed by atoms with E-state index in [0.29, 0.717) is 64.7 Å². The van der Waals surface area contributed by atoms with Crippen LogP contribution in [0.4, 0.5) is 24.5 Å². The number of carboxylic acid groups (broad SMARTS) is 2. The van der Waals surface area contributed by atoms with Crippen LogP contribution < -0.4 is 21.9 Å². The Morgan fingerprint density at radius 1 is 0.662 bits per heavy atom. The Morgan fingerprint density at radius 2 is 1.09 bits per heavy atom. The van der Waals surface area contributed by atoms with Gasteiger partial charge in [0, 0.05) is 60.2 Å². The van der Waals surface area contributed by atoms with E-state index in [2.05, 4.69) is 20.6 Å². The lowest BCUT2D eigenvalue weighted by Crippen LogP contribution is -2.24. The number of thiazole rings is 2. The number of benzene rings is 4. The minimum atomic E-state index is -5.08. The largest absolute Gasteiger partial charge is 0.490 e. The van der Waals surface area contributed by atoms with Gasteiger partial charge in [0.2, 0.25) is 0 Å². The van der Waals surface area contributed by atoms with E-state index in [1.807, 2.05) is 99.6 Å². The second-order valence-electron chi connectivity index (χ2n) is 15.2.